The van der Waals surface area contributed by atoms with E-state index in [1.54, 1.807) is 24.3 Å². The smallest absolute Gasteiger partial charge is 0.319 e. The topological polar surface area (TPSA) is 126 Å². The average molecular weight is 467 g/mol. The van der Waals surface area contributed by atoms with Gasteiger partial charge in [-0.3, -0.25) is 14.4 Å². The van der Waals surface area contributed by atoms with Crippen LogP contribution in [-0.2, 0) is 19.1 Å². The predicted molar refractivity (Wildman–Crippen MR) is 122 cm³/mol. The summed E-state index contributed by atoms with van der Waals surface area (Å²) in [5.74, 6) is -0.0416. The van der Waals surface area contributed by atoms with Gasteiger partial charge in [-0.1, -0.05) is 6.07 Å². The number of thioether (sulfide) groups is 1. The lowest BCUT2D eigenvalue weighted by molar-refractivity contribution is -0.140. The van der Waals surface area contributed by atoms with Gasteiger partial charge in [-0.15, -0.1) is 0 Å². The lowest BCUT2D eigenvalue weighted by Crippen LogP contribution is -2.55. The summed E-state index contributed by atoms with van der Waals surface area (Å²) in [6, 6.07) is 5.04. The molecule has 0 spiro atoms. The number of likely N-dealkylation sites (tertiary alicyclic amines) is 1. The molecule has 10 nitrogen and oxygen atoms in total. The van der Waals surface area contributed by atoms with E-state index in [4.69, 9.17) is 4.74 Å². The monoisotopic (exact) mass is 466 g/mol. The van der Waals surface area contributed by atoms with E-state index in [0.717, 1.165) is 0 Å². The zero-order valence-corrected chi connectivity index (χ0v) is 19.3. The van der Waals surface area contributed by atoms with Gasteiger partial charge >= 0.3 is 12.0 Å². The third-order valence-electron chi connectivity index (χ3n) is 4.98. The Morgan fingerprint density at radius 1 is 1.22 bits per heavy atom. The summed E-state index contributed by atoms with van der Waals surface area (Å²) < 4.78 is 9.74. The highest BCUT2D eigenvalue weighted by molar-refractivity contribution is 7.99. The maximum absolute atomic E-state index is 12.9. The Kier molecular flexibility index (Phi) is 10.1. The first-order valence-corrected chi connectivity index (χ1v) is 11.6. The Morgan fingerprint density at radius 2 is 2.00 bits per heavy atom. The van der Waals surface area contributed by atoms with E-state index in [9.17, 15) is 19.2 Å². The van der Waals surface area contributed by atoms with E-state index in [1.165, 1.54) is 30.9 Å². The first kappa shape index (κ1) is 25.3. The number of ether oxygens (including phenoxy) is 2. The lowest BCUT2D eigenvalue weighted by atomic mass is 10.1. The van der Waals surface area contributed by atoms with Crippen molar-refractivity contribution in [1.82, 2.24) is 15.5 Å². The van der Waals surface area contributed by atoms with Gasteiger partial charge in [0, 0.05) is 31.3 Å². The largest absolute Gasteiger partial charge is 0.497 e. The summed E-state index contributed by atoms with van der Waals surface area (Å²) in [5.41, 5.74) is 0.541. The van der Waals surface area contributed by atoms with Gasteiger partial charge in [-0.25, -0.2) is 4.79 Å². The summed E-state index contributed by atoms with van der Waals surface area (Å²) in [6.07, 6.45) is 2.86. The molecule has 1 fully saturated rings. The molecule has 1 aromatic carbocycles. The van der Waals surface area contributed by atoms with Crippen molar-refractivity contribution in [2.75, 3.05) is 44.6 Å². The highest BCUT2D eigenvalue weighted by Crippen LogP contribution is 2.21. The third-order valence-corrected chi connectivity index (χ3v) is 5.52. The number of methoxy groups -OCH3 is 2. The van der Waals surface area contributed by atoms with Crippen molar-refractivity contribution < 1.29 is 28.7 Å². The second kappa shape index (κ2) is 12.8. The minimum atomic E-state index is -0.830. The zero-order valence-electron chi connectivity index (χ0n) is 18.5. The lowest BCUT2D eigenvalue weighted by Gasteiger charge is -2.27. The number of amides is 4. The van der Waals surface area contributed by atoms with Gasteiger partial charge in [-0.2, -0.15) is 11.8 Å². The van der Waals surface area contributed by atoms with Gasteiger partial charge in [-0.05, 0) is 31.2 Å². The molecule has 0 radical (unpaired) electrons. The van der Waals surface area contributed by atoms with Crippen LogP contribution < -0.4 is 20.7 Å². The molecule has 3 N–H and O–H groups in total. The molecule has 2 atom stereocenters. The van der Waals surface area contributed by atoms with E-state index in [1.807, 2.05) is 6.26 Å². The summed E-state index contributed by atoms with van der Waals surface area (Å²) in [6.45, 7) is 0.626. The summed E-state index contributed by atoms with van der Waals surface area (Å²) >= 11 is 1.37. The van der Waals surface area contributed by atoms with Crippen molar-refractivity contribution in [2.24, 2.45) is 0 Å². The fraction of sp³-hybridized carbons (Fsp3) is 0.524. The van der Waals surface area contributed by atoms with Crippen molar-refractivity contribution in [3.8, 4) is 5.75 Å². The predicted octanol–water partition coefficient (Wildman–Crippen LogP) is 1.22. The number of carbonyl (C=O) groups excluding carboxylic acids is 4. The van der Waals surface area contributed by atoms with E-state index in [0.29, 0.717) is 30.8 Å². The van der Waals surface area contributed by atoms with Gasteiger partial charge in [0.2, 0.25) is 11.8 Å². The number of benzene rings is 1. The summed E-state index contributed by atoms with van der Waals surface area (Å²) in [5, 5.41) is 8.30. The Labute approximate surface area is 191 Å². The van der Waals surface area contributed by atoms with Gasteiger partial charge in [0.25, 0.3) is 0 Å². The number of carbonyl (C=O) groups is 4. The van der Waals surface area contributed by atoms with E-state index in [-0.39, 0.29) is 36.5 Å². The second-order valence-corrected chi connectivity index (χ2v) is 8.03. The van der Waals surface area contributed by atoms with Crippen molar-refractivity contribution in [1.29, 1.82) is 0 Å². The Bertz CT molecular complexity index is 821. The zero-order chi connectivity index (χ0) is 23.5. The Hall–Kier alpha value is -2.95. The molecule has 11 heteroatoms. The van der Waals surface area contributed by atoms with Crippen molar-refractivity contribution in [2.45, 2.75) is 31.3 Å². The number of esters is 1. The van der Waals surface area contributed by atoms with Crippen LogP contribution in [0.5, 0.6) is 5.75 Å². The number of nitrogens with one attached hydrogen (secondary N) is 3. The van der Waals surface area contributed by atoms with Crippen molar-refractivity contribution >= 4 is 41.3 Å². The number of rotatable bonds is 10. The molecule has 2 rings (SSSR count). The summed E-state index contributed by atoms with van der Waals surface area (Å²) in [4.78, 5) is 50.7. The minimum absolute atomic E-state index is 0.162. The molecule has 176 valence electrons. The van der Waals surface area contributed by atoms with Gasteiger partial charge in [0.15, 0.2) is 0 Å². The van der Waals surface area contributed by atoms with Gasteiger partial charge < -0.3 is 30.3 Å². The number of hydrogen-bond donors (Lipinski definition) is 3. The number of hydrogen-bond acceptors (Lipinski definition) is 7. The maximum atomic E-state index is 12.9. The SMILES string of the molecule is COC(=O)CCCNC(=O)C1C(NC(=O)Nc2cccc(OC)c2)CCN1C(=O)CSC. The van der Waals surface area contributed by atoms with Crippen LogP contribution in [-0.4, -0.2) is 80.1 Å². The molecular formula is C21H30N4O6S. The second-order valence-electron chi connectivity index (χ2n) is 7.16. The van der Waals surface area contributed by atoms with Crippen LogP contribution in [0.3, 0.4) is 0 Å². The van der Waals surface area contributed by atoms with Gasteiger partial charge in [0.1, 0.15) is 11.8 Å². The molecule has 4 amide bonds. The minimum Gasteiger partial charge on any atom is -0.497 e. The first-order valence-electron chi connectivity index (χ1n) is 10.2. The van der Waals surface area contributed by atoms with Crippen molar-refractivity contribution in [3.05, 3.63) is 24.3 Å². The molecule has 1 aromatic rings. The van der Waals surface area contributed by atoms with E-state index >= 15 is 0 Å². The first-order chi connectivity index (χ1) is 15.4. The molecule has 0 saturated carbocycles. The van der Waals surface area contributed by atoms with Crippen LogP contribution in [0, 0.1) is 0 Å². The van der Waals surface area contributed by atoms with Crippen LogP contribution in [0.1, 0.15) is 19.3 Å². The standard InChI is InChI=1S/C21H30N4O6S/c1-30-15-7-4-6-14(12-15)23-21(29)24-16-9-11-25(17(26)13-32-3)19(16)20(28)22-10-5-8-18(27)31-2/h4,6-7,12,16,19H,5,8-11,13H2,1-3H3,(H,22,28)(H2,23,24,29). The fourth-order valence-corrected chi connectivity index (χ4v) is 3.85. The Morgan fingerprint density at radius 3 is 2.69 bits per heavy atom. The maximum Gasteiger partial charge on any atom is 0.319 e. The molecule has 1 saturated heterocycles. The van der Waals surface area contributed by atoms with Crippen LogP contribution in [0.2, 0.25) is 0 Å². The molecule has 1 heterocycles. The van der Waals surface area contributed by atoms with Crippen LogP contribution >= 0.6 is 11.8 Å². The van der Waals surface area contributed by atoms with Crippen LogP contribution in [0.25, 0.3) is 0 Å². The highest BCUT2D eigenvalue weighted by atomic mass is 32.2. The Balaban J connectivity index is 2.02. The molecule has 1 aliphatic heterocycles. The molecule has 0 aromatic heterocycles. The average Bonchev–Trinajstić information content (AvgIpc) is 3.20. The molecule has 0 aliphatic carbocycles. The number of nitrogens with zero attached hydrogens (tertiary/aromatic N) is 1. The van der Waals surface area contributed by atoms with Crippen molar-refractivity contribution in [3.63, 3.8) is 0 Å². The molecule has 0 bridgehead atoms. The van der Waals surface area contributed by atoms with E-state index in [2.05, 4.69) is 20.7 Å². The normalized spacial score (nSPS) is 17.4. The third kappa shape index (κ3) is 7.33. The summed E-state index contributed by atoms with van der Waals surface area (Å²) in [7, 11) is 2.84. The number of anilines is 1. The van der Waals surface area contributed by atoms with Crippen LogP contribution in [0.15, 0.2) is 24.3 Å². The number of urea groups is 1. The quantitative estimate of drug-likeness (QED) is 0.350. The van der Waals surface area contributed by atoms with E-state index < -0.39 is 18.1 Å². The van der Waals surface area contributed by atoms with Gasteiger partial charge in [0.05, 0.1) is 26.0 Å². The highest BCUT2D eigenvalue weighted by Gasteiger charge is 2.42. The molecular weight excluding hydrogens is 436 g/mol. The molecule has 2 unspecified atom stereocenters. The molecule has 1 aliphatic rings. The molecule has 32 heavy (non-hydrogen) atoms. The van der Waals surface area contributed by atoms with Crippen LogP contribution in [0.4, 0.5) is 10.5 Å². The fourth-order valence-electron chi connectivity index (χ4n) is 3.44.